The van der Waals surface area contributed by atoms with Crippen molar-refractivity contribution in [1.82, 2.24) is 5.32 Å². The van der Waals surface area contributed by atoms with E-state index in [1.807, 2.05) is 64.1 Å². The molecule has 2 heterocycles. The maximum atomic E-state index is 12.9. The average molecular weight is 436 g/mol. The summed E-state index contributed by atoms with van der Waals surface area (Å²) in [7, 11) is 1.58. The minimum Gasteiger partial charge on any atom is -0.496 e. The van der Waals surface area contributed by atoms with Crippen molar-refractivity contribution >= 4 is 16.9 Å². The van der Waals surface area contributed by atoms with Crippen molar-refractivity contribution in [3.05, 3.63) is 69.1 Å². The fourth-order valence-corrected chi connectivity index (χ4v) is 4.33. The van der Waals surface area contributed by atoms with Crippen LogP contribution in [0, 0.1) is 6.92 Å². The standard InChI is InChI=1S/C26H29NO5/c1-15-19(13-22(28)27-16(2)17-9-7-6-8-10-17)25(29)31-24-18-11-12-26(3,4)32-20(18)14-21(30-5)23(15)24/h6-10,14,16H,11-13H2,1-5H3,(H,27,28)/t16-/m1/s1. The minimum atomic E-state index is -0.502. The summed E-state index contributed by atoms with van der Waals surface area (Å²) in [4.78, 5) is 25.7. The highest BCUT2D eigenvalue weighted by Crippen LogP contribution is 2.43. The van der Waals surface area contributed by atoms with Gasteiger partial charge in [0, 0.05) is 11.6 Å². The summed E-state index contributed by atoms with van der Waals surface area (Å²) < 4.78 is 17.5. The van der Waals surface area contributed by atoms with Gasteiger partial charge in [0.05, 0.1) is 30.5 Å². The fraction of sp³-hybridized carbons (Fsp3) is 0.385. The molecule has 4 rings (SSSR count). The number of fused-ring (bicyclic) bond motifs is 3. The number of methoxy groups -OCH3 is 1. The summed E-state index contributed by atoms with van der Waals surface area (Å²) in [5.41, 5.74) is 2.59. The lowest BCUT2D eigenvalue weighted by atomic mass is 9.91. The summed E-state index contributed by atoms with van der Waals surface area (Å²) in [6, 6.07) is 11.4. The second kappa shape index (κ2) is 8.34. The molecule has 1 aliphatic heterocycles. The predicted octanol–water partition coefficient (Wildman–Crippen LogP) is 4.63. The van der Waals surface area contributed by atoms with Crippen LogP contribution in [0.25, 0.3) is 11.0 Å². The van der Waals surface area contributed by atoms with E-state index < -0.39 is 5.63 Å². The third kappa shape index (κ3) is 4.09. The van der Waals surface area contributed by atoms with Crippen LogP contribution in [-0.2, 0) is 17.6 Å². The van der Waals surface area contributed by atoms with Crippen LogP contribution in [0.1, 0.15) is 55.5 Å². The number of hydrogen-bond donors (Lipinski definition) is 1. The van der Waals surface area contributed by atoms with Gasteiger partial charge >= 0.3 is 5.63 Å². The Labute approximate surface area is 187 Å². The number of ether oxygens (including phenoxy) is 2. The molecule has 0 fully saturated rings. The molecular formula is C26H29NO5. The second-order valence-corrected chi connectivity index (χ2v) is 8.99. The molecule has 0 saturated heterocycles. The Kier molecular flexibility index (Phi) is 5.71. The first-order valence-electron chi connectivity index (χ1n) is 10.9. The molecule has 32 heavy (non-hydrogen) atoms. The normalized spacial score (nSPS) is 15.5. The predicted molar refractivity (Wildman–Crippen MR) is 124 cm³/mol. The van der Waals surface area contributed by atoms with E-state index in [4.69, 9.17) is 13.9 Å². The Morgan fingerprint density at radius 1 is 1.25 bits per heavy atom. The van der Waals surface area contributed by atoms with E-state index in [2.05, 4.69) is 5.32 Å². The molecule has 1 atom stereocenters. The van der Waals surface area contributed by atoms with Crippen LogP contribution in [0.2, 0.25) is 0 Å². The van der Waals surface area contributed by atoms with E-state index in [-0.39, 0.29) is 24.0 Å². The number of rotatable bonds is 5. The van der Waals surface area contributed by atoms with E-state index in [0.29, 0.717) is 33.6 Å². The molecule has 6 nitrogen and oxygen atoms in total. The van der Waals surface area contributed by atoms with Crippen LogP contribution in [0.3, 0.4) is 0 Å². The van der Waals surface area contributed by atoms with Gasteiger partial charge in [0.15, 0.2) is 0 Å². The third-order valence-electron chi connectivity index (χ3n) is 6.17. The van der Waals surface area contributed by atoms with Crippen LogP contribution >= 0.6 is 0 Å². The largest absolute Gasteiger partial charge is 0.496 e. The van der Waals surface area contributed by atoms with Crippen molar-refractivity contribution in [1.29, 1.82) is 0 Å². The third-order valence-corrected chi connectivity index (χ3v) is 6.17. The van der Waals surface area contributed by atoms with Crippen LogP contribution in [0.4, 0.5) is 0 Å². The first-order valence-corrected chi connectivity index (χ1v) is 10.9. The van der Waals surface area contributed by atoms with Crippen molar-refractivity contribution in [2.75, 3.05) is 7.11 Å². The van der Waals surface area contributed by atoms with Gasteiger partial charge in [0.2, 0.25) is 5.91 Å². The van der Waals surface area contributed by atoms with Gasteiger partial charge in [-0.05, 0) is 51.7 Å². The number of nitrogens with one attached hydrogen (secondary N) is 1. The topological polar surface area (TPSA) is 77.8 Å². The van der Waals surface area contributed by atoms with Crippen molar-refractivity contribution < 1.29 is 18.7 Å². The van der Waals surface area contributed by atoms with Crippen LogP contribution in [-0.4, -0.2) is 18.6 Å². The zero-order valence-electron chi connectivity index (χ0n) is 19.2. The Morgan fingerprint density at radius 2 is 1.97 bits per heavy atom. The van der Waals surface area contributed by atoms with Gasteiger partial charge in [-0.25, -0.2) is 4.79 Å². The van der Waals surface area contributed by atoms with Gasteiger partial charge in [0.1, 0.15) is 22.7 Å². The molecule has 6 heteroatoms. The molecule has 1 amide bonds. The molecule has 0 aliphatic carbocycles. The quantitative estimate of drug-likeness (QED) is 0.591. The molecule has 0 spiro atoms. The van der Waals surface area contributed by atoms with E-state index >= 15 is 0 Å². The van der Waals surface area contributed by atoms with Crippen molar-refractivity contribution in [2.24, 2.45) is 0 Å². The van der Waals surface area contributed by atoms with Gasteiger partial charge < -0.3 is 19.2 Å². The monoisotopic (exact) mass is 435 g/mol. The van der Waals surface area contributed by atoms with E-state index in [9.17, 15) is 9.59 Å². The Hall–Kier alpha value is -3.28. The van der Waals surface area contributed by atoms with Gasteiger partial charge in [-0.15, -0.1) is 0 Å². The maximum absolute atomic E-state index is 12.9. The lowest BCUT2D eigenvalue weighted by Crippen LogP contribution is -2.33. The highest BCUT2D eigenvalue weighted by molar-refractivity contribution is 5.93. The van der Waals surface area contributed by atoms with E-state index in [1.165, 1.54) is 0 Å². The molecule has 3 aromatic rings. The summed E-state index contributed by atoms with van der Waals surface area (Å²) in [5, 5.41) is 3.68. The lowest BCUT2D eigenvalue weighted by molar-refractivity contribution is -0.121. The Morgan fingerprint density at radius 3 is 2.66 bits per heavy atom. The van der Waals surface area contributed by atoms with Gasteiger partial charge in [-0.1, -0.05) is 30.3 Å². The number of hydrogen-bond acceptors (Lipinski definition) is 5. The number of carbonyl (C=O) groups is 1. The molecule has 0 unspecified atom stereocenters. The highest BCUT2D eigenvalue weighted by Gasteiger charge is 2.31. The smallest absolute Gasteiger partial charge is 0.340 e. The highest BCUT2D eigenvalue weighted by atomic mass is 16.5. The number of benzene rings is 2. The molecule has 0 saturated carbocycles. The van der Waals surface area contributed by atoms with E-state index in [0.717, 1.165) is 24.0 Å². The maximum Gasteiger partial charge on any atom is 0.340 e. The second-order valence-electron chi connectivity index (χ2n) is 8.99. The van der Waals surface area contributed by atoms with Gasteiger partial charge in [0.25, 0.3) is 0 Å². The molecule has 0 bridgehead atoms. The summed E-state index contributed by atoms with van der Waals surface area (Å²) >= 11 is 0. The van der Waals surface area contributed by atoms with Crippen molar-refractivity contribution in [2.45, 2.75) is 58.6 Å². The molecule has 0 radical (unpaired) electrons. The van der Waals surface area contributed by atoms with Gasteiger partial charge in [-0.2, -0.15) is 0 Å². The van der Waals surface area contributed by atoms with Gasteiger partial charge in [-0.3, -0.25) is 4.79 Å². The first kappa shape index (κ1) is 21.9. The molecular weight excluding hydrogens is 406 g/mol. The minimum absolute atomic E-state index is 0.0644. The number of amides is 1. The Balaban J connectivity index is 1.71. The molecule has 2 aromatic carbocycles. The number of carbonyl (C=O) groups excluding carboxylic acids is 1. The average Bonchev–Trinajstić information content (AvgIpc) is 2.75. The van der Waals surface area contributed by atoms with Crippen LogP contribution in [0.5, 0.6) is 11.5 Å². The summed E-state index contributed by atoms with van der Waals surface area (Å²) in [6.07, 6.45) is 1.48. The summed E-state index contributed by atoms with van der Waals surface area (Å²) in [5.74, 6) is 1.01. The summed E-state index contributed by atoms with van der Waals surface area (Å²) in [6.45, 7) is 7.82. The van der Waals surface area contributed by atoms with Crippen molar-refractivity contribution in [3.63, 3.8) is 0 Å². The fourth-order valence-electron chi connectivity index (χ4n) is 4.33. The Bertz CT molecular complexity index is 1230. The van der Waals surface area contributed by atoms with E-state index in [1.54, 1.807) is 7.11 Å². The lowest BCUT2D eigenvalue weighted by Gasteiger charge is -2.33. The van der Waals surface area contributed by atoms with Crippen LogP contribution < -0.4 is 20.4 Å². The zero-order chi connectivity index (χ0) is 23.0. The molecule has 168 valence electrons. The zero-order valence-corrected chi connectivity index (χ0v) is 19.2. The van der Waals surface area contributed by atoms with Crippen LogP contribution in [0.15, 0.2) is 45.6 Å². The SMILES string of the molecule is COc1cc2c(c3oc(=O)c(CC(=O)N[C@H](C)c4ccccc4)c(C)c13)CCC(C)(C)O2. The molecule has 1 aromatic heterocycles. The molecule has 1 aliphatic rings. The first-order chi connectivity index (χ1) is 15.2. The van der Waals surface area contributed by atoms with Crippen molar-refractivity contribution in [3.8, 4) is 11.5 Å². The molecule has 1 N–H and O–H groups in total. The number of aryl methyl sites for hydroxylation is 2.